The van der Waals surface area contributed by atoms with Crippen LogP contribution < -0.4 is 0 Å². The number of allylic oxidation sites excluding steroid dienone is 1. The number of carbonyl (C=O) groups excluding carboxylic acids is 1. The van der Waals surface area contributed by atoms with E-state index in [4.69, 9.17) is 0 Å². The second-order valence-electron chi connectivity index (χ2n) is 4.79. The molecule has 86 valence electrons. The predicted molar refractivity (Wildman–Crippen MR) is 63.6 cm³/mol. The van der Waals surface area contributed by atoms with Gasteiger partial charge in [-0.2, -0.15) is 0 Å². The highest BCUT2D eigenvalue weighted by molar-refractivity contribution is 5.95. The Morgan fingerprint density at radius 1 is 1.47 bits per heavy atom. The van der Waals surface area contributed by atoms with Crippen LogP contribution in [0.2, 0.25) is 0 Å². The molecule has 0 spiro atoms. The van der Waals surface area contributed by atoms with E-state index in [1.54, 1.807) is 0 Å². The summed E-state index contributed by atoms with van der Waals surface area (Å²) >= 11 is 0. The summed E-state index contributed by atoms with van der Waals surface area (Å²) in [6, 6.07) is 0. The zero-order valence-electron chi connectivity index (χ0n) is 10.3. The summed E-state index contributed by atoms with van der Waals surface area (Å²) in [7, 11) is 3.96. The Labute approximate surface area is 93.3 Å². The fourth-order valence-electron chi connectivity index (χ4n) is 2.20. The molecule has 0 aromatic heterocycles. The Hall–Kier alpha value is -0.790. The highest BCUT2D eigenvalue weighted by Gasteiger charge is 2.22. The van der Waals surface area contributed by atoms with Crippen molar-refractivity contribution >= 4 is 5.78 Å². The summed E-state index contributed by atoms with van der Waals surface area (Å²) < 4.78 is 0. The highest BCUT2D eigenvalue weighted by atomic mass is 16.1. The predicted octanol–water partition coefficient (Wildman–Crippen LogP) is 2.99. The van der Waals surface area contributed by atoms with Crippen LogP contribution in [0.15, 0.2) is 11.8 Å². The second-order valence-corrected chi connectivity index (χ2v) is 4.79. The molecule has 0 N–H and O–H groups in total. The van der Waals surface area contributed by atoms with Gasteiger partial charge < -0.3 is 4.90 Å². The number of rotatable bonds is 4. The topological polar surface area (TPSA) is 20.3 Å². The maximum Gasteiger partial charge on any atom is 0.160 e. The van der Waals surface area contributed by atoms with Crippen molar-refractivity contribution in [3.05, 3.63) is 11.8 Å². The fraction of sp³-hybridized carbons (Fsp3) is 0.769. The first-order valence-electron chi connectivity index (χ1n) is 6.03. The molecule has 15 heavy (non-hydrogen) atoms. The van der Waals surface area contributed by atoms with Gasteiger partial charge in [0, 0.05) is 32.3 Å². The van der Waals surface area contributed by atoms with Crippen LogP contribution >= 0.6 is 0 Å². The van der Waals surface area contributed by atoms with Gasteiger partial charge in [-0.15, -0.1) is 0 Å². The van der Waals surface area contributed by atoms with Crippen LogP contribution in [-0.2, 0) is 4.79 Å². The van der Waals surface area contributed by atoms with Crippen molar-refractivity contribution in [3.8, 4) is 0 Å². The van der Waals surface area contributed by atoms with Crippen molar-refractivity contribution in [2.45, 2.75) is 45.4 Å². The molecule has 0 aromatic carbocycles. The molecule has 1 saturated carbocycles. The van der Waals surface area contributed by atoms with Gasteiger partial charge in [0.05, 0.1) is 0 Å². The number of Topliss-reactive ketones (excluding diaryl/α,β-unsaturated/α-hetero) is 1. The van der Waals surface area contributed by atoms with Crippen LogP contribution in [-0.4, -0.2) is 24.8 Å². The van der Waals surface area contributed by atoms with Crippen LogP contribution in [0.5, 0.6) is 0 Å². The zero-order valence-corrected chi connectivity index (χ0v) is 10.3. The molecule has 1 fully saturated rings. The first kappa shape index (κ1) is 12.3. The molecule has 0 bridgehead atoms. The first-order valence-corrected chi connectivity index (χ1v) is 6.03. The number of carbonyl (C=O) groups is 1. The molecular weight excluding hydrogens is 186 g/mol. The molecule has 1 rings (SSSR count). The largest absolute Gasteiger partial charge is 0.383 e. The van der Waals surface area contributed by atoms with Crippen LogP contribution in [0.1, 0.15) is 45.4 Å². The van der Waals surface area contributed by atoms with Crippen LogP contribution in [0.3, 0.4) is 0 Å². The lowest BCUT2D eigenvalue weighted by molar-refractivity contribution is -0.117. The summed E-state index contributed by atoms with van der Waals surface area (Å²) in [5.74, 6) is 1.10. The molecule has 0 saturated heterocycles. The molecule has 0 aliphatic heterocycles. The standard InChI is InChI=1S/C13H23NO/c1-4-5-6-11-7-8-13(15)12(9-11)10-14(2)3/h10-11H,4-9H2,1-3H3/b12-10-/t11-/m1/s1. The van der Waals surface area contributed by atoms with E-state index >= 15 is 0 Å². The van der Waals surface area contributed by atoms with Gasteiger partial charge in [-0.05, 0) is 18.8 Å². The van der Waals surface area contributed by atoms with E-state index in [-0.39, 0.29) is 0 Å². The zero-order chi connectivity index (χ0) is 11.3. The number of unbranched alkanes of at least 4 members (excludes halogenated alkanes) is 1. The first-order chi connectivity index (χ1) is 7.13. The SMILES string of the molecule is CCCC[C@@H]1CCC(=O)/C(=C\N(C)C)C1. The number of hydrogen-bond acceptors (Lipinski definition) is 2. The normalized spacial score (nSPS) is 24.6. The molecular formula is C13H23NO. The number of nitrogens with zero attached hydrogens (tertiary/aromatic N) is 1. The molecule has 0 radical (unpaired) electrons. The molecule has 2 nitrogen and oxygen atoms in total. The lowest BCUT2D eigenvalue weighted by Gasteiger charge is -2.24. The summed E-state index contributed by atoms with van der Waals surface area (Å²) in [6.45, 7) is 2.23. The van der Waals surface area contributed by atoms with Crippen molar-refractivity contribution in [1.82, 2.24) is 4.90 Å². The third-order valence-electron chi connectivity index (χ3n) is 3.03. The minimum atomic E-state index is 0.358. The van der Waals surface area contributed by atoms with E-state index in [9.17, 15) is 4.79 Å². The van der Waals surface area contributed by atoms with E-state index in [1.807, 2.05) is 25.2 Å². The Morgan fingerprint density at radius 3 is 2.80 bits per heavy atom. The quantitative estimate of drug-likeness (QED) is 0.663. The van der Waals surface area contributed by atoms with Crippen molar-refractivity contribution in [3.63, 3.8) is 0 Å². The summed E-state index contributed by atoms with van der Waals surface area (Å²) in [5.41, 5.74) is 1.03. The summed E-state index contributed by atoms with van der Waals surface area (Å²) in [4.78, 5) is 13.6. The van der Waals surface area contributed by atoms with Gasteiger partial charge in [-0.25, -0.2) is 0 Å². The highest BCUT2D eigenvalue weighted by Crippen LogP contribution is 2.29. The molecule has 0 heterocycles. The monoisotopic (exact) mass is 209 g/mol. The average molecular weight is 209 g/mol. The summed E-state index contributed by atoms with van der Waals surface area (Å²) in [5, 5.41) is 0. The Balaban J connectivity index is 2.52. The van der Waals surface area contributed by atoms with Crippen LogP contribution in [0.4, 0.5) is 0 Å². The minimum Gasteiger partial charge on any atom is -0.383 e. The maximum atomic E-state index is 11.7. The molecule has 0 amide bonds. The van der Waals surface area contributed by atoms with E-state index in [0.29, 0.717) is 5.78 Å². The van der Waals surface area contributed by atoms with E-state index in [2.05, 4.69) is 6.92 Å². The summed E-state index contributed by atoms with van der Waals surface area (Å²) in [6.07, 6.45) is 8.70. The van der Waals surface area contributed by atoms with E-state index < -0.39 is 0 Å². The Morgan fingerprint density at radius 2 is 2.20 bits per heavy atom. The number of ketones is 1. The molecule has 2 heteroatoms. The lowest BCUT2D eigenvalue weighted by Crippen LogP contribution is -2.19. The Kier molecular flexibility index (Phi) is 4.86. The van der Waals surface area contributed by atoms with Gasteiger partial charge >= 0.3 is 0 Å². The lowest BCUT2D eigenvalue weighted by atomic mass is 9.82. The van der Waals surface area contributed by atoms with Crippen molar-refractivity contribution in [2.24, 2.45) is 5.92 Å². The van der Waals surface area contributed by atoms with Gasteiger partial charge in [0.25, 0.3) is 0 Å². The third kappa shape index (κ3) is 4.06. The average Bonchev–Trinajstić information content (AvgIpc) is 2.18. The Bertz CT molecular complexity index is 243. The minimum absolute atomic E-state index is 0.358. The van der Waals surface area contributed by atoms with E-state index in [0.717, 1.165) is 30.8 Å². The van der Waals surface area contributed by atoms with Gasteiger partial charge in [0.15, 0.2) is 5.78 Å². The van der Waals surface area contributed by atoms with Gasteiger partial charge in [-0.3, -0.25) is 4.79 Å². The van der Waals surface area contributed by atoms with Crippen molar-refractivity contribution < 1.29 is 4.79 Å². The molecule has 1 atom stereocenters. The van der Waals surface area contributed by atoms with E-state index in [1.165, 1.54) is 19.3 Å². The smallest absolute Gasteiger partial charge is 0.160 e. The molecule has 1 aliphatic rings. The molecule has 0 unspecified atom stereocenters. The maximum absolute atomic E-state index is 11.7. The van der Waals surface area contributed by atoms with Crippen LogP contribution in [0, 0.1) is 5.92 Å². The third-order valence-corrected chi connectivity index (χ3v) is 3.03. The van der Waals surface area contributed by atoms with Gasteiger partial charge in [0.1, 0.15) is 0 Å². The van der Waals surface area contributed by atoms with Crippen molar-refractivity contribution in [2.75, 3.05) is 14.1 Å². The molecule has 1 aliphatic carbocycles. The second kappa shape index (κ2) is 5.94. The molecule has 0 aromatic rings. The number of hydrogen-bond donors (Lipinski definition) is 0. The fourth-order valence-corrected chi connectivity index (χ4v) is 2.20. The van der Waals surface area contributed by atoms with Gasteiger partial charge in [-0.1, -0.05) is 26.2 Å². The van der Waals surface area contributed by atoms with Crippen LogP contribution in [0.25, 0.3) is 0 Å². The van der Waals surface area contributed by atoms with Gasteiger partial charge in [0.2, 0.25) is 0 Å². The van der Waals surface area contributed by atoms with Crippen molar-refractivity contribution in [1.29, 1.82) is 0 Å².